The van der Waals surface area contributed by atoms with Crippen molar-refractivity contribution in [2.75, 3.05) is 4.90 Å². The zero-order chi connectivity index (χ0) is 30.1. The summed E-state index contributed by atoms with van der Waals surface area (Å²) in [5, 5.41) is 8.35. The second-order valence-electron chi connectivity index (χ2n) is 12.6. The Bertz CT molecular complexity index is 2420. The Morgan fingerprint density at radius 3 is 2.11 bits per heavy atom. The van der Waals surface area contributed by atoms with Crippen molar-refractivity contribution in [3.05, 3.63) is 152 Å². The van der Waals surface area contributed by atoms with Gasteiger partial charge in [-0.3, -0.25) is 0 Å². The Balaban J connectivity index is 1.21. The highest BCUT2D eigenvalue weighted by molar-refractivity contribution is 7.26. The minimum atomic E-state index is -1.94. The van der Waals surface area contributed by atoms with Gasteiger partial charge in [-0.1, -0.05) is 116 Å². The van der Waals surface area contributed by atoms with E-state index in [0.29, 0.717) is 0 Å². The van der Waals surface area contributed by atoms with Gasteiger partial charge in [0.2, 0.25) is 0 Å². The van der Waals surface area contributed by atoms with Gasteiger partial charge in [0.1, 0.15) is 8.07 Å². The molecule has 0 bridgehead atoms. The molecule has 8 aromatic rings. The number of nitrogens with zero attached hydrogens (tertiary/aromatic N) is 1. The van der Waals surface area contributed by atoms with E-state index in [4.69, 9.17) is 0 Å². The van der Waals surface area contributed by atoms with Gasteiger partial charge in [0.15, 0.2) is 0 Å². The third-order valence-electron chi connectivity index (χ3n) is 9.63. The molecule has 9 rings (SSSR count). The topological polar surface area (TPSA) is 3.24 Å². The van der Waals surface area contributed by atoms with Gasteiger partial charge in [0, 0.05) is 37.2 Å². The fraction of sp³-hybridized carbons (Fsp3) is 0.0476. The van der Waals surface area contributed by atoms with E-state index in [0.717, 1.165) is 11.4 Å². The lowest BCUT2D eigenvalue weighted by Crippen LogP contribution is -2.49. The number of fused-ring (bicyclic) bond motifs is 8. The predicted octanol–water partition coefficient (Wildman–Crippen LogP) is 11.1. The molecule has 2 heterocycles. The Labute approximate surface area is 268 Å². The van der Waals surface area contributed by atoms with E-state index in [9.17, 15) is 0 Å². The molecule has 0 saturated carbocycles. The van der Waals surface area contributed by atoms with Crippen LogP contribution < -0.4 is 15.3 Å². The van der Waals surface area contributed by atoms with Crippen LogP contribution in [-0.2, 0) is 0 Å². The van der Waals surface area contributed by atoms with Crippen molar-refractivity contribution in [1.82, 2.24) is 0 Å². The van der Waals surface area contributed by atoms with Crippen molar-refractivity contribution in [2.24, 2.45) is 0 Å². The zero-order valence-electron chi connectivity index (χ0n) is 25.3. The number of hydrogen-bond acceptors (Lipinski definition) is 2. The lowest BCUT2D eigenvalue weighted by molar-refractivity contribution is 1.29. The predicted molar refractivity (Wildman–Crippen MR) is 199 cm³/mol. The lowest BCUT2D eigenvalue weighted by atomic mass is 10.00. The monoisotopic (exact) mass is 609 g/mol. The first-order valence-corrected chi connectivity index (χ1v) is 19.4. The fourth-order valence-electron chi connectivity index (χ4n) is 7.35. The van der Waals surface area contributed by atoms with Crippen LogP contribution in [0.3, 0.4) is 0 Å². The van der Waals surface area contributed by atoms with Crippen LogP contribution in [0.2, 0.25) is 13.1 Å². The maximum absolute atomic E-state index is 2.52. The highest BCUT2D eigenvalue weighted by Crippen LogP contribution is 2.44. The van der Waals surface area contributed by atoms with Crippen molar-refractivity contribution in [3.63, 3.8) is 0 Å². The average molecular weight is 610 g/mol. The zero-order valence-corrected chi connectivity index (χ0v) is 27.1. The summed E-state index contributed by atoms with van der Waals surface area (Å²) in [5.41, 5.74) is 8.86. The largest absolute Gasteiger partial charge is 0.310 e. The second kappa shape index (κ2) is 10.0. The Morgan fingerprint density at radius 2 is 1.22 bits per heavy atom. The number of rotatable bonds is 4. The maximum atomic E-state index is 2.52. The molecule has 45 heavy (non-hydrogen) atoms. The first kappa shape index (κ1) is 26.4. The summed E-state index contributed by atoms with van der Waals surface area (Å²) in [6.45, 7) is 5.04. The number of para-hydroxylation sites is 1. The van der Waals surface area contributed by atoms with Gasteiger partial charge in [-0.15, -0.1) is 11.3 Å². The SMILES string of the molecule is C[Si]1(C)c2cc(N(c3ccccc3)c3cccc(-c4ccc5ccccc5c4)c3)ccc2-c2c1ccc1c2sc2ccccc21. The summed E-state index contributed by atoms with van der Waals surface area (Å²) in [6, 6.07) is 56.0. The molecule has 3 heteroatoms. The van der Waals surface area contributed by atoms with Gasteiger partial charge in [-0.25, -0.2) is 0 Å². The number of benzene rings is 7. The normalized spacial score (nSPS) is 13.3. The highest BCUT2D eigenvalue weighted by atomic mass is 32.1. The quantitative estimate of drug-likeness (QED) is 0.179. The maximum Gasteiger partial charge on any atom is 0.114 e. The first-order chi connectivity index (χ1) is 22.1. The summed E-state index contributed by atoms with van der Waals surface area (Å²) < 4.78 is 2.80. The van der Waals surface area contributed by atoms with Crippen LogP contribution in [0.15, 0.2) is 152 Å². The Morgan fingerprint density at radius 1 is 0.489 bits per heavy atom. The standard InChI is InChI=1S/C42H31NSSi/c1-45(2)39-24-23-36-35-17-8-9-18-38(35)44-42(36)41(39)37-22-21-34(27-40(37)45)43(32-14-4-3-5-15-32)33-16-10-13-30(26-33)31-20-19-28-11-6-7-12-29(28)25-31/h3-27H,1-2H3. The number of anilines is 3. The highest BCUT2D eigenvalue weighted by Gasteiger charge is 2.39. The van der Waals surface area contributed by atoms with Crippen molar-refractivity contribution < 1.29 is 0 Å². The molecule has 1 nitrogen and oxygen atoms in total. The number of thiophene rings is 1. The van der Waals surface area contributed by atoms with Gasteiger partial charge in [-0.05, 0) is 91.9 Å². The van der Waals surface area contributed by atoms with Crippen LogP contribution >= 0.6 is 11.3 Å². The van der Waals surface area contributed by atoms with Crippen molar-refractivity contribution >= 4 is 77.8 Å². The molecule has 0 atom stereocenters. The summed E-state index contributed by atoms with van der Waals surface area (Å²) >= 11 is 1.95. The first-order valence-electron chi connectivity index (χ1n) is 15.6. The van der Waals surface area contributed by atoms with Crippen LogP contribution in [0.4, 0.5) is 17.1 Å². The summed E-state index contributed by atoms with van der Waals surface area (Å²) in [6.07, 6.45) is 0. The van der Waals surface area contributed by atoms with E-state index in [1.165, 1.54) is 64.1 Å². The van der Waals surface area contributed by atoms with E-state index in [2.05, 4.69) is 170 Å². The third-order valence-corrected chi connectivity index (χ3v) is 14.4. The molecular formula is C42H31NSSi. The smallest absolute Gasteiger partial charge is 0.114 e. The van der Waals surface area contributed by atoms with E-state index in [1.54, 1.807) is 5.19 Å². The fourth-order valence-corrected chi connectivity index (χ4v) is 11.8. The molecule has 214 valence electrons. The van der Waals surface area contributed by atoms with Crippen molar-refractivity contribution in [3.8, 4) is 22.3 Å². The lowest BCUT2D eigenvalue weighted by Gasteiger charge is -2.28. The van der Waals surface area contributed by atoms with Crippen LogP contribution in [0, 0.1) is 0 Å². The van der Waals surface area contributed by atoms with Crippen LogP contribution in [0.1, 0.15) is 0 Å². The van der Waals surface area contributed by atoms with Gasteiger partial charge in [-0.2, -0.15) is 0 Å². The van der Waals surface area contributed by atoms with Gasteiger partial charge < -0.3 is 4.90 Å². The van der Waals surface area contributed by atoms with Crippen molar-refractivity contribution in [1.29, 1.82) is 0 Å². The van der Waals surface area contributed by atoms with E-state index >= 15 is 0 Å². The van der Waals surface area contributed by atoms with E-state index in [-0.39, 0.29) is 0 Å². The van der Waals surface area contributed by atoms with Crippen molar-refractivity contribution in [2.45, 2.75) is 13.1 Å². The molecular weight excluding hydrogens is 579 g/mol. The molecule has 0 N–H and O–H groups in total. The molecule has 0 radical (unpaired) electrons. The average Bonchev–Trinajstić information content (AvgIpc) is 3.57. The Kier molecular flexibility index (Phi) is 5.89. The van der Waals surface area contributed by atoms with Crippen LogP contribution in [-0.4, -0.2) is 8.07 Å². The molecule has 7 aromatic carbocycles. The minimum Gasteiger partial charge on any atom is -0.310 e. The number of hydrogen-bond donors (Lipinski definition) is 0. The van der Waals surface area contributed by atoms with E-state index < -0.39 is 8.07 Å². The van der Waals surface area contributed by atoms with Gasteiger partial charge >= 0.3 is 0 Å². The molecule has 0 aliphatic carbocycles. The molecule has 0 spiro atoms. The van der Waals surface area contributed by atoms with Gasteiger partial charge in [0.25, 0.3) is 0 Å². The molecule has 0 saturated heterocycles. The van der Waals surface area contributed by atoms with Gasteiger partial charge in [0.05, 0.1) is 0 Å². The molecule has 1 aliphatic rings. The van der Waals surface area contributed by atoms with E-state index in [1.807, 2.05) is 11.3 Å². The molecule has 0 unspecified atom stereocenters. The minimum absolute atomic E-state index is 1.16. The Hall–Kier alpha value is -4.96. The summed E-state index contributed by atoms with van der Waals surface area (Å²) in [5.74, 6) is 0. The molecule has 1 aromatic heterocycles. The summed E-state index contributed by atoms with van der Waals surface area (Å²) in [4.78, 5) is 2.42. The molecule has 0 amide bonds. The molecule has 0 fully saturated rings. The second-order valence-corrected chi connectivity index (χ2v) is 18.0. The summed E-state index contributed by atoms with van der Waals surface area (Å²) in [7, 11) is -1.94. The molecule has 1 aliphatic heterocycles. The van der Waals surface area contributed by atoms with Crippen LogP contribution in [0.5, 0.6) is 0 Å². The van der Waals surface area contributed by atoms with Crippen LogP contribution in [0.25, 0.3) is 53.2 Å². The third kappa shape index (κ3) is 4.12.